The summed E-state index contributed by atoms with van der Waals surface area (Å²) in [5.41, 5.74) is 0.863. The van der Waals surface area contributed by atoms with Crippen LogP contribution in [0.1, 0.15) is 64.2 Å². The zero-order chi connectivity index (χ0) is 33.2. The molecule has 0 bridgehead atoms. The highest BCUT2D eigenvalue weighted by molar-refractivity contribution is 7.19. The Morgan fingerprint density at radius 3 is 2.43 bits per heavy atom. The number of fused-ring (bicyclic) bond motifs is 2. The van der Waals surface area contributed by atoms with Crippen molar-refractivity contribution in [2.45, 2.75) is 84.3 Å². The van der Waals surface area contributed by atoms with Gasteiger partial charge in [-0.15, -0.1) is 11.3 Å². The minimum Gasteiger partial charge on any atom is -0.334 e. The lowest BCUT2D eigenvalue weighted by Gasteiger charge is -2.55. The van der Waals surface area contributed by atoms with Crippen LogP contribution < -0.4 is 0 Å². The van der Waals surface area contributed by atoms with Crippen molar-refractivity contribution in [1.29, 1.82) is 0 Å². The highest BCUT2D eigenvalue weighted by Crippen LogP contribution is 2.34. The summed E-state index contributed by atoms with van der Waals surface area (Å²) >= 11 is 1.49. The van der Waals surface area contributed by atoms with Crippen molar-refractivity contribution < 1.29 is 23.6 Å². The zero-order valence-corrected chi connectivity index (χ0v) is 28.1. The quantitative estimate of drug-likeness (QED) is 0.308. The molecule has 0 spiro atoms. The Labute approximate surface area is 278 Å². The third kappa shape index (κ3) is 7.37. The van der Waals surface area contributed by atoms with Crippen LogP contribution in [0.5, 0.6) is 0 Å². The molecule has 3 aliphatic rings. The first-order valence-corrected chi connectivity index (χ1v) is 17.2. The maximum absolute atomic E-state index is 14.3. The van der Waals surface area contributed by atoms with Crippen LogP contribution in [-0.2, 0) is 25.8 Å². The van der Waals surface area contributed by atoms with E-state index >= 15 is 0 Å². The molecule has 0 saturated carbocycles. The number of hydrogen-bond acceptors (Lipinski definition) is 9. The van der Waals surface area contributed by atoms with Gasteiger partial charge in [-0.25, -0.2) is 19.3 Å². The molecule has 0 unspecified atom stereocenters. The van der Waals surface area contributed by atoms with E-state index in [9.17, 15) is 18.8 Å². The number of aromatic nitrogens is 3. The van der Waals surface area contributed by atoms with E-state index in [1.54, 1.807) is 11.0 Å². The molecule has 0 radical (unpaired) electrons. The molecule has 0 N–H and O–H groups in total. The number of hydrogen-bond donors (Lipinski definition) is 0. The minimum atomic E-state index is -0.864. The summed E-state index contributed by atoms with van der Waals surface area (Å²) in [6.45, 7) is 10.2. The largest absolute Gasteiger partial charge is 0.334 e. The van der Waals surface area contributed by atoms with E-state index in [0.717, 1.165) is 10.2 Å². The minimum absolute atomic E-state index is 0.0663. The first-order chi connectivity index (χ1) is 22.6. The fourth-order valence-corrected chi connectivity index (χ4v) is 7.60. The number of carbonyl (C=O) groups is 3. The molecule has 13 heteroatoms. The fourth-order valence-electron chi connectivity index (χ4n) is 6.73. The summed E-state index contributed by atoms with van der Waals surface area (Å²) < 4.78 is 14.3. The van der Waals surface area contributed by atoms with E-state index in [0.29, 0.717) is 56.1 Å². The Morgan fingerprint density at radius 2 is 1.74 bits per heavy atom. The number of likely N-dealkylation sites (tertiary alicyclic amines) is 1. The number of rotatable bonds is 9. The van der Waals surface area contributed by atoms with Crippen LogP contribution >= 0.6 is 11.3 Å². The van der Waals surface area contributed by atoms with Gasteiger partial charge in [0.1, 0.15) is 16.9 Å². The van der Waals surface area contributed by atoms with Gasteiger partial charge in [0, 0.05) is 25.2 Å². The van der Waals surface area contributed by atoms with Crippen LogP contribution in [0, 0.1) is 17.7 Å². The van der Waals surface area contributed by atoms with E-state index in [2.05, 4.69) is 19.9 Å². The molecule has 3 atom stereocenters. The smallest absolute Gasteiger partial charge is 0.272 e. The Hall–Kier alpha value is -3.81. The summed E-state index contributed by atoms with van der Waals surface area (Å²) in [6, 6.07) is 7.04. The number of para-hydroxylation sites is 1. The van der Waals surface area contributed by atoms with E-state index in [1.807, 2.05) is 56.9 Å². The summed E-state index contributed by atoms with van der Waals surface area (Å²) in [4.78, 5) is 66.9. The van der Waals surface area contributed by atoms with Crippen LogP contribution in [0.3, 0.4) is 0 Å². The second-order valence-corrected chi connectivity index (χ2v) is 14.5. The first kappa shape index (κ1) is 33.1. The standard InChI is InChI=1S/C34H42FN7O4S/c1-21(2)15-26-33(44)40(24-11-13-39(14-12-24)19-29-36-17-23(35)18-37-29)20-31-41(26)34(45)27(16-22(3)4)46-42(31)32(43)10-9-30-38-25-7-5-6-8-28(25)47-30/h5-10,17-18,21-22,24,26-27,31H,11-16,19-20H2,1-4H3/b10-9+/t26-,27+,31-/m0/s1. The van der Waals surface area contributed by atoms with Crippen LogP contribution in [0.2, 0.25) is 0 Å². The van der Waals surface area contributed by atoms with Gasteiger partial charge in [-0.2, -0.15) is 5.06 Å². The number of hydroxylamine groups is 2. The monoisotopic (exact) mass is 663 g/mol. The third-order valence-corrected chi connectivity index (χ3v) is 9.94. The van der Waals surface area contributed by atoms with Crippen LogP contribution in [0.4, 0.5) is 4.39 Å². The summed E-state index contributed by atoms with van der Waals surface area (Å²) in [5.74, 6) is -0.352. The maximum Gasteiger partial charge on any atom is 0.272 e. The van der Waals surface area contributed by atoms with E-state index in [-0.39, 0.29) is 36.2 Å². The Balaban J connectivity index is 1.24. The highest BCUT2D eigenvalue weighted by atomic mass is 32.1. The molecule has 11 nitrogen and oxygen atoms in total. The molecule has 3 aliphatic heterocycles. The topological polar surface area (TPSA) is 112 Å². The summed E-state index contributed by atoms with van der Waals surface area (Å²) in [6.07, 6.45) is 6.19. The lowest BCUT2D eigenvalue weighted by Crippen LogP contribution is -2.74. The second-order valence-electron chi connectivity index (χ2n) is 13.4. The van der Waals surface area contributed by atoms with Gasteiger partial charge >= 0.3 is 0 Å². The molecular formula is C34H42FN7O4S. The average molecular weight is 664 g/mol. The van der Waals surface area contributed by atoms with Crippen molar-refractivity contribution in [2.75, 3.05) is 19.6 Å². The van der Waals surface area contributed by atoms with E-state index in [1.165, 1.54) is 34.9 Å². The zero-order valence-electron chi connectivity index (χ0n) is 27.3. The SMILES string of the molecule is CC(C)C[C@H]1ON(C(=O)/C=C/c2nc3ccccc3s2)[C@H]2CN(C3CCN(Cc4ncc(F)cn4)CC3)C(=O)[C@H](CC(C)C)N2C1=O. The predicted octanol–water partition coefficient (Wildman–Crippen LogP) is 4.50. The van der Waals surface area contributed by atoms with Crippen LogP contribution in [0.15, 0.2) is 42.7 Å². The number of piperidine rings is 1. The Kier molecular flexibility index (Phi) is 9.95. The molecule has 6 rings (SSSR count). The number of piperazine rings is 1. The molecule has 2 aromatic heterocycles. The molecule has 250 valence electrons. The first-order valence-electron chi connectivity index (χ1n) is 16.4. The van der Waals surface area contributed by atoms with Crippen LogP contribution in [-0.4, -0.2) is 96.4 Å². The molecular weight excluding hydrogens is 621 g/mol. The van der Waals surface area contributed by atoms with Crippen molar-refractivity contribution in [3.8, 4) is 0 Å². The van der Waals surface area contributed by atoms with E-state index in [4.69, 9.17) is 4.84 Å². The molecule has 5 heterocycles. The molecule has 3 amide bonds. The number of benzene rings is 1. The molecule has 3 saturated heterocycles. The number of nitrogens with zero attached hydrogens (tertiary/aromatic N) is 7. The van der Waals surface area contributed by atoms with Gasteiger partial charge in [-0.3, -0.25) is 24.1 Å². The highest BCUT2D eigenvalue weighted by Gasteiger charge is 2.53. The van der Waals surface area contributed by atoms with Crippen molar-refractivity contribution in [2.24, 2.45) is 11.8 Å². The number of thiazole rings is 1. The fraction of sp³-hybridized carbons (Fsp3) is 0.529. The third-order valence-electron chi connectivity index (χ3n) is 8.94. The average Bonchev–Trinajstić information content (AvgIpc) is 3.46. The number of carbonyl (C=O) groups excluding carboxylic acids is 3. The molecule has 1 aromatic carbocycles. The summed E-state index contributed by atoms with van der Waals surface area (Å²) in [5, 5.41) is 2.02. The number of amides is 3. The Morgan fingerprint density at radius 1 is 1.04 bits per heavy atom. The molecule has 3 fully saturated rings. The van der Waals surface area contributed by atoms with Gasteiger partial charge < -0.3 is 9.80 Å². The maximum atomic E-state index is 14.3. The lowest BCUT2D eigenvalue weighted by atomic mass is 9.93. The molecule has 0 aliphatic carbocycles. The van der Waals surface area contributed by atoms with Crippen molar-refractivity contribution in [3.05, 3.63) is 59.4 Å². The van der Waals surface area contributed by atoms with Crippen molar-refractivity contribution in [1.82, 2.24) is 34.7 Å². The van der Waals surface area contributed by atoms with Gasteiger partial charge in [0.15, 0.2) is 18.1 Å². The summed E-state index contributed by atoms with van der Waals surface area (Å²) in [7, 11) is 0. The van der Waals surface area contributed by atoms with Gasteiger partial charge in [0.05, 0.1) is 35.7 Å². The normalized spacial score (nSPS) is 23.1. The second kappa shape index (κ2) is 14.1. The van der Waals surface area contributed by atoms with E-state index < -0.39 is 30.0 Å². The molecule has 47 heavy (non-hydrogen) atoms. The van der Waals surface area contributed by atoms with Crippen LogP contribution in [0.25, 0.3) is 16.3 Å². The van der Waals surface area contributed by atoms with Crippen molar-refractivity contribution in [3.63, 3.8) is 0 Å². The molecule has 3 aromatic rings. The Bertz CT molecular complexity index is 1590. The predicted molar refractivity (Wildman–Crippen MR) is 176 cm³/mol. The van der Waals surface area contributed by atoms with Crippen molar-refractivity contribution >= 4 is 45.4 Å². The lowest BCUT2D eigenvalue weighted by molar-refractivity contribution is -0.275. The van der Waals surface area contributed by atoms with Gasteiger partial charge in [-0.05, 0) is 55.7 Å². The number of halogens is 1. The van der Waals surface area contributed by atoms with Gasteiger partial charge in [-0.1, -0.05) is 39.8 Å². The van der Waals surface area contributed by atoms with Gasteiger partial charge in [0.2, 0.25) is 5.91 Å². The van der Waals surface area contributed by atoms with Gasteiger partial charge in [0.25, 0.3) is 11.8 Å².